The molecule has 1 nitrogen and oxygen atoms in total. The van der Waals surface area contributed by atoms with Crippen LogP contribution >= 0.6 is 0 Å². The highest BCUT2D eigenvalue weighted by Gasteiger charge is 2.51. The fraction of sp³-hybridized carbons (Fsp3) is 0.118. The number of hydrogen-bond donors (Lipinski definition) is 0. The molecule has 0 spiro atoms. The van der Waals surface area contributed by atoms with Gasteiger partial charge in [0.2, 0.25) is 5.82 Å². The van der Waals surface area contributed by atoms with Crippen molar-refractivity contribution >= 4 is 11.4 Å². The maximum Gasteiger partial charge on any atom is 0.420 e. The smallest absolute Gasteiger partial charge is 0.289 e. The Morgan fingerprint density at radius 2 is 1.03 bits per heavy atom. The average Bonchev–Trinajstić information content (AvgIpc) is 2.62. The lowest BCUT2D eigenvalue weighted by molar-refractivity contribution is -0.0987. The van der Waals surface area contributed by atoms with E-state index in [1.54, 1.807) is 0 Å². The molecule has 12 heteroatoms. The van der Waals surface area contributed by atoms with Crippen LogP contribution in [0.3, 0.4) is 0 Å². The van der Waals surface area contributed by atoms with Gasteiger partial charge < -0.3 is 0 Å². The highest BCUT2D eigenvalue weighted by atomic mass is 19.4. The second kappa shape index (κ2) is 7.48. The topological polar surface area (TPSA) is 17.1 Å². The van der Waals surface area contributed by atoms with Crippen molar-refractivity contribution in [2.45, 2.75) is 12.4 Å². The average molecular weight is 434 g/mol. The molecule has 0 bridgehead atoms. The van der Waals surface area contributed by atoms with Crippen molar-refractivity contribution in [3.8, 4) is 0 Å². The summed E-state index contributed by atoms with van der Waals surface area (Å²) in [7, 11) is 0. The maximum absolute atomic E-state index is 13.9. The largest absolute Gasteiger partial charge is 0.420 e. The van der Waals surface area contributed by atoms with Crippen LogP contribution in [0.4, 0.5) is 48.3 Å². The first kappa shape index (κ1) is 22.4. The Bertz CT molecular complexity index is 956. The Morgan fingerprint density at radius 1 is 0.621 bits per heavy atom. The minimum Gasteiger partial charge on any atom is -0.289 e. The van der Waals surface area contributed by atoms with E-state index in [0.717, 1.165) is 12.1 Å². The van der Waals surface area contributed by atoms with Crippen molar-refractivity contribution in [1.29, 1.82) is 0 Å². The summed E-state index contributed by atoms with van der Waals surface area (Å²) < 4.78 is 148. The van der Waals surface area contributed by atoms with Crippen molar-refractivity contribution in [1.82, 2.24) is 0 Å². The predicted molar refractivity (Wildman–Crippen MR) is 76.0 cm³/mol. The highest BCUT2D eigenvalue weighted by Crippen LogP contribution is 2.45. The lowest BCUT2D eigenvalue weighted by atomic mass is 9.92. The van der Waals surface area contributed by atoms with Crippen LogP contribution in [-0.4, -0.2) is 18.1 Å². The number of benzene rings is 2. The van der Waals surface area contributed by atoms with Gasteiger partial charge in [-0.25, -0.2) is 22.0 Å². The molecular formula is C17H5F11O. The highest BCUT2D eigenvalue weighted by molar-refractivity contribution is 6.14. The SMILES string of the molecule is O=C(/C(=C(/c1c(F)c(F)c(F)c(F)c1F)C(F)(F)F)C(F)(F)F)c1ccccc1. The van der Waals surface area contributed by atoms with Gasteiger partial charge in [-0.05, 0) is 0 Å². The Morgan fingerprint density at radius 3 is 1.41 bits per heavy atom. The molecular weight excluding hydrogens is 429 g/mol. The molecule has 2 rings (SSSR count). The van der Waals surface area contributed by atoms with Gasteiger partial charge in [-0.3, -0.25) is 4.79 Å². The van der Waals surface area contributed by atoms with Gasteiger partial charge in [0.05, 0.1) is 11.1 Å². The van der Waals surface area contributed by atoms with E-state index in [2.05, 4.69) is 0 Å². The van der Waals surface area contributed by atoms with Gasteiger partial charge in [0.1, 0.15) is 5.57 Å². The van der Waals surface area contributed by atoms with Crippen LogP contribution in [0.2, 0.25) is 0 Å². The fourth-order valence-corrected chi connectivity index (χ4v) is 2.35. The molecule has 0 saturated carbocycles. The number of rotatable bonds is 3. The van der Waals surface area contributed by atoms with Crippen LogP contribution in [0.15, 0.2) is 35.9 Å². The van der Waals surface area contributed by atoms with Gasteiger partial charge in [-0.15, -0.1) is 0 Å². The van der Waals surface area contributed by atoms with Gasteiger partial charge in [0.15, 0.2) is 29.1 Å². The number of carbonyl (C=O) groups excluding carboxylic acids is 1. The molecule has 2 aromatic rings. The number of carbonyl (C=O) groups is 1. The molecule has 0 aliphatic carbocycles. The third kappa shape index (κ3) is 4.10. The van der Waals surface area contributed by atoms with Crippen molar-refractivity contribution in [2.24, 2.45) is 0 Å². The third-order valence-electron chi connectivity index (χ3n) is 3.54. The van der Waals surface area contributed by atoms with E-state index < -0.39 is 69.5 Å². The third-order valence-corrected chi connectivity index (χ3v) is 3.54. The van der Waals surface area contributed by atoms with E-state index in [0.29, 0.717) is 12.1 Å². The van der Waals surface area contributed by atoms with Gasteiger partial charge in [-0.1, -0.05) is 30.3 Å². The van der Waals surface area contributed by atoms with Gasteiger partial charge in [0, 0.05) is 5.56 Å². The molecule has 0 heterocycles. The molecule has 0 aliphatic heterocycles. The fourth-order valence-electron chi connectivity index (χ4n) is 2.35. The van der Waals surface area contributed by atoms with E-state index in [4.69, 9.17) is 0 Å². The van der Waals surface area contributed by atoms with Gasteiger partial charge >= 0.3 is 12.4 Å². The van der Waals surface area contributed by atoms with E-state index in [9.17, 15) is 53.1 Å². The molecule has 0 saturated heterocycles. The lowest BCUT2D eigenvalue weighted by Crippen LogP contribution is -2.28. The number of ketones is 1. The normalized spacial score (nSPS) is 13.3. The summed E-state index contributed by atoms with van der Waals surface area (Å²) in [5.41, 5.74) is -10.4. The minimum absolute atomic E-state index is 0.667. The summed E-state index contributed by atoms with van der Waals surface area (Å²) in [6, 6.07) is 4.49. The van der Waals surface area contributed by atoms with E-state index in [-0.39, 0.29) is 0 Å². The van der Waals surface area contributed by atoms with Crippen LogP contribution in [0.1, 0.15) is 15.9 Å². The molecule has 0 aliphatic rings. The van der Waals surface area contributed by atoms with Crippen LogP contribution in [0.5, 0.6) is 0 Å². The first-order valence-corrected chi connectivity index (χ1v) is 7.19. The van der Waals surface area contributed by atoms with Crippen molar-refractivity contribution in [3.05, 3.63) is 76.1 Å². The Hall–Kier alpha value is -2.92. The number of Topliss-reactive ketones (excluding diaryl/α,β-unsaturated/α-hetero) is 1. The van der Waals surface area contributed by atoms with Gasteiger partial charge in [0.25, 0.3) is 0 Å². The molecule has 0 unspecified atom stereocenters. The maximum atomic E-state index is 13.9. The van der Waals surface area contributed by atoms with Crippen LogP contribution in [0, 0.1) is 29.1 Å². The second-order valence-corrected chi connectivity index (χ2v) is 5.39. The van der Waals surface area contributed by atoms with Crippen LogP contribution in [0.25, 0.3) is 5.57 Å². The summed E-state index contributed by atoms with van der Waals surface area (Å²) in [6.07, 6.45) is -12.5. The zero-order valence-electron chi connectivity index (χ0n) is 13.5. The number of alkyl halides is 6. The molecule has 0 fully saturated rings. The van der Waals surface area contributed by atoms with Crippen LogP contribution in [-0.2, 0) is 0 Å². The van der Waals surface area contributed by atoms with E-state index in [1.165, 1.54) is 6.07 Å². The molecule has 0 N–H and O–H groups in total. The molecule has 0 atom stereocenters. The number of halogens is 11. The van der Waals surface area contributed by atoms with E-state index in [1.807, 2.05) is 0 Å². The zero-order chi connectivity index (χ0) is 22.3. The Balaban J connectivity index is 3.07. The Labute approximate surface area is 154 Å². The zero-order valence-corrected chi connectivity index (χ0v) is 13.5. The second-order valence-electron chi connectivity index (χ2n) is 5.39. The molecule has 156 valence electrons. The Kier molecular flexibility index (Phi) is 5.77. The quantitative estimate of drug-likeness (QED) is 0.186. The van der Waals surface area contributed by atoms with Crippen molar-refractivity contribution in [3.63, 3.8) is 0 Å². The number of hydrogen-bond acceptors (Lipinski definition) is 1. The predicted octanol–water partition coefficient (Wildman–Crippen LogP) is 6.14. The standard InChI is InChI=1S/C17H5F11O/c18-10-7(11(19)13(21)14(22)12(10)20)8(16(23,24)25)9(17(26,27)28)15(29)6-4-2-1-3-5-6/h1-5H/b9-8+. The lowest BCUT2D eigenvalue weighted by Gasteiger charge is -2.21. The van der Waals surface area contributed by atoms with E-state index >= 15 is 0 Å². The number of allylic oxidation sites excluding steroid dienone is 2. The molecule has 0 aromatic heterocycles. The van der Waals surface area contributed by atoms with Crippen LogP contribution < -0.4 is 0 Å². The summed E-state index contributed by atoms with van der Waals surface area (Å²) >= 11 is 0. The van der Waals surface area contributed by atoms with Crippen molar-refractivity contribution < 1.29 is 53.1 Å². The monoisotopic (exact) mass is 434 g/mol. The minimum atomic E-state index is -6.33. The summed E-state index contributed by atoms with van der Waals surface area (Å²) in [5.74, 6) is -17.4. The van der Waals surface area contributed by atoms with Crippen molar-refractivity contribution in [2.75, 3.05) is 0 Å². The summed E-state index contributed by atoms with van der Waals surface area (Å²) in [4.78, 5) is 12.1. The summed E-state index contributed by atoms with van der Waals surface area (Å²) in [6.45, 7) is 0. The van der Waals surface area contributed by atoms with Gasteiger partial charge in [-0.2, -0.15) is 26.3 Å². The summed E-state index contributed by atoms with van der Waals surface area (Å²) in [5, 5.41) is 0. The first-order chi connectivity index (χ1) is 13.2. The molecule has 0 amide bonds. The molecule has 0 radical (unpaired) electrons. The molecule has 29 heavy (non-hydrogen) atoms. The molecule has 2 aromatic carbocycles. The first-order valence-electron chi connectivity index (χ1n) is 7.19.